The molecule has 1 fully saturated rings. The van der Waals surface area contributed by atoms with Crippen LogP contribution >= 0.6 is 0 Å². The Morgan fingerprint density at radius 2 is 1.62 bits per heavy atom. The lowest BCUT2D eigenvalue weighted by atomic mass is 9.96. The fourth-order valence-corrected chi connectivity index (χ4v) is 3.09. The SMILES string of the molecule is CCCC(=O)N1CCN(C(=O)Cc2cc(C(C)C)ccc2C)CC1. The summed E-state index contributed by atoms with van der Waals surface area (Å²) >= 11 is 0. The van der Waals surface area contributed by atoms with E-state index in [1.165, 1.54) is 11.1 Å². The maximum Gasteiger partial charge on any atom is 0.227 e. The van der Waals surface area contributed by atoms with Crippen molar-refractivity contribution in [2.75, 3.05) is 26.2 Å². The second-order valence-electron chi connectivity index (χ2n) is 7.03. The highest BCUT2D eigenvalue weighted by molar-refractivity contribution is 5.80. The summed E-state index contributed by atoms with van der Waals surface area (Å²) in [6.45, 7) is 11.0. The zero-order valence-electron chi connectivity index (χ0n) is 15.5. The van der Waals surface area contributed by atoms with E-state index in [-0.39, 0.29) is 11.8 Å². The summed E-state index contributed by atoms with van der Waals surface area (Å²) in [6, 6.07) is 6.42. The molecular formula is C20H30N2O2. The molecule has 0 unspecified atom stereocenters. The highest BCUT2D eigenvalue weighted by Crippen LogP contribution is 2.20. The van der Waals surface area contributed by atoms with Gasteiger partial charge in [0.25, 0.3) is 0 Å². The van der Waals surface area contributed by atoms with Crippen LogP contribution in [0.25, 0.3) is 0 Å². The van der Waals surface area contributed by atoms with Crippen LogP contribution in [0.5, 0.6) is 0 Å². The van der Waals surface area contributed by atoms with Crippen molar-refractivity contribution in [3.05, 3.63) is 34.9 Å². The quantitative estimate of drug-likeness (QED) is 0.832. The van der Waals surface area contributed by atoms with Crippen molar-refractivity contribution in [2.45, 2.75) is 52.9 Å². The van der Waals surface area contributed by atoms with E-state index in [1.807, 2.05) is 16.7 Å². The van der Waals surface area contributed by atoms with Gasteiger partial charge in [-0.15, -0.1) is 0 Å². The normalized spacial score (nSPS) is 15.0. The Balaban J connectivity index is 1.94. The molecule has 0 bridgehead atoms. The molecule has 0 saturated carbocycles. The number of hydrogen-bond acceptors (Lipinski definition) is 2. The fourth-order valence-electron chi connectivity index (χ4n) is 3.09. The minimum Gasteiger partial charge on any atom is -0.339 e. The van der Waals surface area contributed by atoms with Gasteiger partial charge >= 0.3 is 0 Å². The zero-order valence-corrected chi connectivity index (χ0v) is 15.5. The molecule has 2 amide bonds. The number of piperazine rings is 1. The molecule has 0 spiro atoms. The number of nitrogens with zero attached hydrogens (tertiary/aromatic N) is 2. The number of benzene rings is 1. The Labute approximate surface area is 145 Å². The van der Waals surface area contributed by atoms with Crippen LogP contribution in [0.2, 0.25) is 0 Å². The van der Waals surface area contributed by atoms with Gasteiger partial charge in [0.1, 0.15) is 0 Å². The van der Waals surface area contributed by atoms with Crippen molar-refractivity contribution in [3.8, 4) is 0 Å². The molecule has 4 nitrogen and oxygen atoms in total. The van der Waals surface area contributed by atoms with Crippen LogP contribution in [0.4, 0.5) is 0 Å². The summed E-state index contributed by atoms with van der Waals surface area (Å²) < 4.78 is 0. The van der Waals surface area contributed by atoms with Gasteiger partial charge in [0.15, 0.2) is 0 Å². The molecule has 1 aliphatic rings. The van der Waals surface area contributed by atoms with E-state index in [1.54, 1.807) is 0 Å². The Morgan fingerprint density at radius 3 is 2.17 bits per heavy atom. The largest absolute Gasteiger partial charge is 0.339 e. The average molecular weight is 330 g/mol. The maximum absolute atomic E-state index is 12.6. The summed E-state index contributed by atoms with van der Waals surface area (Å²) in [7, 11) is 0. The molecule has 0 aromatic heterocycles. The highest BCUT2D eigenvalue weighted by atomic mass is 16.2. The van der Waals surface area contributed by atoms with Crippen LogP contribution < -0.4 is 0 Å². The van der Waals surface area contributed by atoms with Gasteiger partial charge < -0.3 is 9.80 Å². The van der Waals surface area contributed by atoms with E-state index < -0.39 is 0 Å². The third kappa shape index (κ3) is 4.59. The molecule has 0 aliphatic carbocycles. The lowest BCUT2D eigenvalue weighted by molar-refractivity contribution is -0.139. The summed E-state index contributed by atoms with van der Waals surface area (Å²) in [6.07, 6.45) is 1.94. The first kappa shape index (κ1) is 18.5. The van der Waals surface area contributed by atoms with Crippen LogP contribution in [0, 0.1) is 6.92 Å². The second kappa shape index (κ2) is 8.32. The Hall–Kier alpha value is -1.84. The minimum absolute atomic E-state index is 0.168. The van der Waals surface area contributed by atoms with Gasteiger partial charge in [0.05, 0.1) is 6.42 Å². The van der Waals surface area contributed by atoms with Gasteiger partial charge in [0, 0.05) is 32.6 Å². The lowest BCUT2D eigenvalue weighted by Crippen LogP contribution is -2.51. The monoisotopic (exact) mass is 330 g/mol. The van der Waals surface area contributed by atoms with E-state index >= 15 is 0 Å². The average Bonchev–Trinajstić information content (AvgIpc) is 2.57. The van der Waals surface area contributed by atoms with Gasteiger partial charge in [-0.2, -0.15) is 0 Å². The fraction of sp³-hybridized carbons (Fsp3) is 0.600. The maximum atomic E-state index is 12.6. The molecule has 4 heteroatoms. The van der Waals surface area contributed by atoms with Gasteiger partial charge in [-0.3, -0.25) is 9.59 Å². The third-order valence-electron chi connectivity index (χ3n) is 4.83. The second-order valence-corrected chi connectivity index (χ2v) is 7.03. The highest BCUT2D eigenvalue weighted by Gasteiger charge is 2.24. The number of aryl methyl sites for hydroxylation is 1. The molecule has 1 heterocycles. The molecule has 1 saturated heterocycles. The number of carbonyl (C=O) groups excluding carboxylic acids is 2. The molecule has 2 rings (SSSR count). The van der Waals surface area contributed by atoms with Crippen LogP contribution in [-0.2, 0) is 16.0 Å². The molecule has 0 N–H and O–H groups in total. The number of carbonyl (C=O) groups is 2. The summed E-state index contributed by atoms with van der Waals surface area (Å²) in [4.78, 5) is 28.3. The van der Waals surface area contributed by atoms with Crippen LogP contribution in [0.15, 0.2) is 18.2 Å². The van der Waals surface area contributed by atoms with E-state index in [0.717, 1.165) is 12.0 Å². The first-order valence-electron chi connectivity index (χ1n) is 9.07. The predicted octanol–water partition coefficient (Wildman–Crippen LogP) is 3.13. The van der Waals surface area contributed by atoms with E-state index in [4.69, 9.17) is 0 Å². The molecule has 132 valence electrons. The topological polar surface area (TPSA) is 40.6 Å². The van der Waals surface area contributed by atoms with E-state index in [2.05, 4.69) is 39.0 Å². The van der Waals surface area contributed by atoms with Gasteiger partial charge in [0.2, 0.25) is 11.8 Å². The number of hydrogen-bond donors (Lipinski definition) is 0. The Bertz CT molecular complexity index is 587. The molecule has 1 aliphatic heterocycles. The molecule has 0 radical (unpaired) electrons. The standard InChI is InChI=1S/C20H30N2O2/c1-5-6-19(23)21-9-11-22(12-10-21)20(24)14-18-13-17(15(2)3)8-7-16(18)4/h7-8,13,15H,5-6,9-12,14H2,1-4H3. The van der Waals surface area contributed by atoms with Crippen molar-refractivity contribution in [3.63, 3.8) is 0 Å². The molecular weight excluding hydrogens is 300 g/mol. The minimum atomic E-state index is 0.168. The van der Waals surface area contributed by atoms with Crippen LogP contribution in [0.3, 0.4) is 0 Å². The predicted molar refractivity (Wildman–Crippen MR) is 97.0 cm³/mol. The summed E-state index contributed by atoms with van der Waals surface area (Å²) in [5, 5.41) is 0. The van der Waals surface area contributed by atoms with Gasteiger partial charge in [-0.1, -0.05) is 39.0 Å². The van der Waals surface area contributed by atoms with Crippen LogP contribution in [-0.4, -0.2) is 47.8 Å². The molecule has 0 atom stereocenters. The van der Waals surface area contributed by atoms with E-state index in [0.29, 0.717) is 44.9 Å². The van der Waals surface area contributed by atoms with Gasteiger partial charge in [-0.05, 0) is 36.0 Å². The van der Waals surface area contributed by atoms with Crippen molar-refractivity contribution < 1.29 is 9.59 Å². The van der Waals surface area contributed by atoms with Crippen molar-refractivity contribution in [1.29, 1.82) is 0 Å². The van der Waals surface area contributed by atoms with Crippen molar-refractivity contribution in [2.24, 2.45) is 0 Å². The first-order chi connectivity index (χ1) is 11.4. The van der Waals surface area contributed by atoms with E-state index in [9.17, 15) is 9.59 Å². The Morgan fingerprint density at radius 1 is 1.04 bits per heavy atom. The Kier molecular flexibility index (Phi) is 6.41. The molecule has 24 heavy (non-hydrogen) atoms. The smallest absolute Gasteiger partial charge is 0.227 e. The van der Waals surface area contributed by atoms with Crippen LogP contribution in [0.1, 0.15) is 56.2 Å². The first-order valence-corrected chi connectivity index (χ1v) is 9.07. The lowest BCUT2D eigenvalue weighted by Gasteiger charge is -2.35. The van der Waals surface area contributed by atoms with Crippen molar-refractivity contribution >= 4 is 11.8 Å². The van der Waals surface area contributed by atoms with Crippen molar-refractivity contribution in [1.82, 2.24) is 9.80 Å². The van der Waals surface area contributed by atoms with Gasteiger partial charge in [-0.25, -0.2) is 0 Å². The molecule has 1 aromatic rings. The third-order valence-corrected chi connectivity index (χ3v) is 4.83. The number of rotatable bonds is 5. The number of amides is 2. The summed E-state index contributed by atoms with van der Waals surface area (Å²) in [5.74, 6) is 0.847. The molecule has 1 aromatic carbocycles. The zero-order chi connectivity index (χ0) is 17.7. The summed E-state index contributed by atoms with van der Waals surface area (Å²) in [5.41, 5.74) is 3.57.